The van der Waals surface area contributed by atoms with Crippen molar-refractivity contribution < 1.29 is 0 Å². The zero-order valence-electron chi connectivity index (χ0n) is 12.6. The van der Waals surface area contributed by atoms with Gasteiger partial charge in [-0.15, -0.1) is 0 Å². The predicted octanol–water partition coefficient (Wildman–Crippen LogP) is 3.01. The predicted molar refractivity (Wildman–Crippen MR) is 86.0 cm³/mol. The molecule has 2 aliphatic carbocycles. The van der Waals surface area contributed by atoms with Crippen LogP contribution >= 0.6 is 11.8 Å². The minimum Gasteiger partial charge on any atom is -0.354 e. The first-order valence-corrected chi connectivity index (χ1v) is 8.93. The zero-order valence-corrected chi connectivity index (χ0v) is 13.4. The third-order valence-electron chi connectivity index (χ3n) is 4.26. The van der Waals surface area contributed by atoms with Crippen molar-refractivity contribution >= 4 is 17.7 Å². The minimum atomic E-state index is 0.624. The van der Waals surface area contributed by atoms with Gasteiger partial charge in [0.1, 0.15) is 0 Å². The molecule has 2 rings (SSSR count). The Hall–Kier alpha value is -0.380. The Bertz CT molecular complexity index is 306. The van der Waals surface area contributed by atoms with Crippen LogP contribution in [0.5, 0.6) is 0 Å². The number of guanidine groups is 1. The summed E-state index contributed by atoms with van der Waals surface area (Å²) in [6.07, 6.45) is 7.92. The van der Waals surface area contributed by atoms with Gasteiger partial charge in [-0.25, -0.2) is 0 Å². The molecule has 2 N–H and O–H groups in total. The molecule has 2 fully saturated rings. The van der Waals surface area contributed by atoms with Crippen LogP contribution in [0.15, 0.2) is 4.99 Å². The summed E-state index contributed by atoms with van der Waals surface area (Å²) >= 11 is 2.11. The van der Waals surface area contributed by atoms with Crippen molar-refractivity contribution in [1.82, 2.24) is 10.6 Å². The molecule has 110 valence electrons. The molecule has 2 saturated carbocycles. The van der Waals surface area contributed by atoms with Gasteiger partial charge >= 0.3 is 0 Å². The quantitative estimate of drug-likeness (QED) is 0.581. The second-order valence-corrected chi connectivity index (χ2v) is 7.42. The number of hydrogen-bond donors (Lipinski definition) is 2. The fourth-order valence-electron chi connectivity index (χ4n) is 3.11. The normalized spacial score (nSPS) is 34.4. The molecule has 0 aromatic heterocycles. The number of rotatable bonds is 6. The Morgan fingerprint density at radius 2 is 2.05 bits per heavy atom. The molecule has 0 aromatic rings. The SMILES string of the molecule is CCCC1CC1NC(=NC)NC1CCC(SCC)C1. The van der Waals surface area contributed by atoms with E-state index in [1.165, 1.54) is 44.3 Å². The lowest BCUT2D eigenvalue weighted by atomic mass is 10.2. The van der Waals surface area contributed by atoms with E-state index in [2.05, 4.69) is 41.2 Å². The average molecular weight is 283 g/mol. The molecule has 0 bridgehead atoms. The van der Waals surface area contributed by atoms with Gasteiger partial charge in [-0.3, -0.25) is 4.99 Å². The molecular weight excluding hydrogens is 254 g/mol. The summed E-state index contributed by atoms with van der Waals surface area (Å²) in [6, 6.07) is 1.30. The summed E-state index contributed by atoms with van der Waals surface area (Å²) in [6.45, 7) is 4.53. The van der Waals surface area contributed by atoms with Crippen molar-refractivity contribution in [2.45, 2.75) is 69.7 Å². The molecular formula is C15H29N3S. The number of nitrogens with zero attached hydrogens (tertiary/aromatic N) is 1. The monoisotopic (exact) mass is 283 g/mol. The number of nitrogens with one attached hydrogen (secondary N) is 2. The highest BCUT2D eigenvalue weighted by Crippen LogP contribution is 2.34. The molecule has 4 heteroatoms. The average Bonchev–Trinajstić information content (AvgIpc) is 2.96. The molecule has 0 saturated heterocycles. The minimum absolute atomic E-state index is 0.624. The van der Waals surface area contributed by atoms with E-state index in [0.29, 0.717) is 12.1 Å². The van der Waals surface area contributed by atoms with E-state index in [1.54, 1.807) is 0 Å². The van der Waals surface area contributed by atoms with E-state index < -0.39 is 0 Å². The Kier molecular flexibility index (Phi) is 5.86. The molecule has 2 aliphatic rings. The highest BCUT2D eigenvalue weighted by atomic mass is 32.2. The van der Waals surface area contributed by atoms with Crippen molar-refractivity contribution in [2.75, 3.05) is 12.8 Å². The van der Waals surface area contributed by atoms with Crippen LogP contribution in [-0.2, 0) is 0 Å². The van der Waals surface area contributed by atoms with Gasteiger partial charge in [0.25, 0.3) is 0 Å². The van der Waals surface area contributed by atoms with Crippen LogP contribution in [0.1, 0.15) is 52.4 Å². The highest BCUT2D eigenvalue weighted by Gasteiger charge is 2.37. The number of thioether (sulfide) groups is 1. The molecule has 0 heterocycles. The smallest absolute Gasteiger partial charge is 0.191 e. The lowest BCUT2D eigenvalue weighted by Crippen LogP contribution is -2.43. The van der Waals surface area contributed by atoms with Crippen molar-refractivity contribution in [2.24, 2.45) is 10.9 Å². The van der Waals surface area contributed by atoms with Crippen LogP contribution in [0.25, 0.3) is 0 Å². The number of hydrogen-bond acceptors (Lipinski definition) is 2. The van der Waals surface area contributed by atoms with Gasteiger partial charge in [-0.05, 0) is 43.8 Å². The molecule has 4 unspecified atom stereocenters. The lowest BCUT2D eigenvalue weighted by molar-refractivity contribution is 0.602. The van der Waals surface area contributed by atoms with E-state index in [-0.39, 0.29) is 0 Å². The summed E-state index contributed by atoms with van der Waals surface area (Å²) in [5, 5.41) is 8.05. The summed E-state index contributed by atoms with van der Waals surface area (Å²) < 4.78 is 0. The molecule has 0 radical (unpaired) electrons. The Morgan fingerprint density at radius 1 is 1.21 bits per heavy atom. The topological polar surface area (TPSA) is 36.4 Å². The maximum atomic E-state index is 4.38. The molecule has 4 atom stereocenters. The first-order chi connectivity index (χ1) is 9.26. The van der Waals surface area contributed by atoms with Gasteiger partial charge < -0.3 is 10.6 Å². The van der Waals surface area contributed by atoms with Crippen LogP contribution < -0.4 is 10.6 Å². The van der Waals surface area contributed by atoms with Gasteiger partial charge in [0.05, 0.1) is 0 Å². The summed E-state index contributed by atoms with van der Waals surface area (Å²) in [4.78, 5) is 4.38. The second kappa shape index (κ2) is 7.41. The fraction of sp³-hybridized carbons (Fsp3) is 0.933. The van der Waals surface area contributed by atoms with E-state index in [4.69, 9.17) is 0 Å². The second-order valence-electron chi connectivity index (χ2n) is 5.84. The summed E-state index contributed by atoms with van der Waals surface area (Å²) in [5.74, 6) is 3.15. The van der Waals surface area contributed by atoms with Gasteiger partial charge in [0.15, 0.2) is 5.96 Å². The third kappa shape index (κ3) is 4.59. The fourth-order valence-corrected chi connectivity index (χ4v) is 4.25. The first kappa shape index (κ1) is 15.0. The third-order valence-corrected chi connectivity index (χ3v) is 5.49. The van der Waals surface area contributed by atoms with E-state index >= 15 is 0 Å². The van der Waals surface area contributed by atoms with Gasteiger partial charge in [0.2, 0.25) is 0 Å². The van der Waals surface area contributed by atoms with Crippen LogP contribution in [0.3, 0.4) is 0 Å². The van der Waals surface area contributed by atoms with Crippen LogP contribution in [0, 0.1) is 5.92 Å². The van der Waals surface area contributed by atoms with Crippen molar-refractivity contribution in [3.63, 3.8) is 0 Å². The van der Waals surface area contributed by atoms with Crippen molar-refractivity contribution in [3.05, 3.63) is 0 Å². The van der Waals surface area contributed by atoms with Crippen LogP contribution in [-0.4, -0.2) is 36.1 Å². The van der Waals surface area contributed by atoms with Gasteiger partial charge in [-0.2, -0.15) is 11.8 Å². The van der Waals surface area contributed by atoms with Crippen LogP contribution in [0.2, 0.25) is 0 Å². The maximum Gasteiger partial charge on any atom is 0.191 e. The largest absolute Gasteiger partial charge is 0.354 e. The Labute approximate surface area is 122 Å². The van der Waals surface area contributed by atoms with Crippen LogP contribution in [0.4, 0.5) is 0 Å². The Balaban J connectivity index is 1.69. The number of aliphatic imine (C=N–C) groups is 1. The van der Waals surface area contributed by atoms with Gasteiger partial charge in [0, 0.05) is 24.4 Å². The summed E-state index contributed by atoms with van der Waals surface area (Å²) in [5.41, 5.74) is 0. The molecule has 19 heavy (non-hydrogen) atoms. The van der Waals surface area contributed by atoms with E-state index in [9.17, 15) is 0 Å². The summed E-state index contributed by atoms with van der Waals surface area (Å²) in [7, 11) is 1.89. The molecule has 0 aromatic carbocycles. The molecule has 0 amide bonds. The first-order valence-electron chi connectivity index (χ1n) is 7.88. The molecule has 3 nitrogen and oxygen atoms in total. The molecule has 0 spiro atoms. The van der Waals surface area contributed by atoms with Gasteiger partial charge in [-0.1, -0.05) is 20.3 Å². The molecule has 0 aliphatic heterocycles. The maximum absolute atomic E-state index is 4.38. The highest BCUT2D eigenvalue weighted by molar-refractivity contribution is 7.99. The Morgan fingerprint density at radius 3 is 2.74 bits per heavy atom. The van der Waals surface area contributed by atoms with Crippen molar-refractivity contribution in [1.29, 1.82) is 0 Å². The lowest BCUT2D eigenvalue weighted by Gasteiger charge is -2.17. The van der Waals surface area contributed by atoms with Crippen molar-refractivity contribution in [3.8, 4) is 0 Å². The van der Waals surface area contributed by atoms with E-state index in [1.807, 2.05) is 7.05 Å². The standard InChI is InChI=1S/C15H29N3S/c1-4-6-11-9-14(11)18-15(16-3)17-12-7-8-13(10-12)19-5-2/h11-14H,4-10H2,1-3H3,(H2,16,17,18). The zero-order chi connectivity index (χ0) is 13.7. The van der Waals surface area contributed by atoms with E-state index in [0.717, 1.165) is 17.1 Å².